The van der Waals surface area contributed by atoms with Crippen LogP contribution in [0.3, 0.4) is 0 Å². The van der Waals surface area contributed by atoms with E-state index in [0.29, 0.717) is 6.61 Å². The minimum Gasteiger partial charge on any atom is -0.489 e. The van der Waals surface area contributed by atoms with Crippen molar-refractivity contribution in [3.8, 4) is 5.75 Å². The van der Waals surface area contributed by atoms with E-state index in [-0.39, 0.29) is 4.90 Å². The summed E-state index contributed by atoms with van der Waals surface area (Å²) in [6, 6.07) is 23.4. The molecule has 0 aliphatic rings. The zero-order chi connectivity index (χ0) is 19.1. The van der Waals surface area contributed by atoms with Gasteiger partial charge in [0.1, 0.15) is 12.4 Å². The molecule has 27 heavy (non-hydrogen) atoms. The summed E-state index contributed by atoms with van der Waals surface area (Å²) < 4.78 is 30.8. The summed E-state index contributed by atoms with van der Waals surface area (Å²) in [6.45, 7) is 0.487. The molecule has 0 saturated heterocycles. The smallest absolute Gasteiger partial charge is 0.276 e. The second-order valence-electron chi connectivity index (χ2n) is 5.65. The number of hydrogen-bond donors (Lipinski definition) is 1. The zero-order valence-electron chi connectivity index (χ0n) is 14.2. The Morgan fingerprint density at radius 3 is 2.26 bits per heavy atom. The number of benzene rings is 3. The number of hydrazone groups is 1. The highest BCUT2D eigenvalue weighted by atomic mass is 79.9. The van der Waals surface area contributed by atoms with Gasteiger partial charge >= 0.3 is 0 Å². The number of nitrogens with one attached hydrogen (secondary N) is 1. The molecule has 0 heterocycles. The first-order valence-electron chi connectivity index (χ1n) is 8.10. The molecule has 0 atom stereocenters. The van der Waals surface area contributed by atoms with Gasteiger partial charge in [-0.15, -0.1) is 0 Å². The van der Waals surface area contributed by atoms with Crippen molar-refractivity contribution in [2.24, 2.45) is 5.10 Å². The summed E-state index contributed by atoms with van der Waals surface area (Å²) in [5.41, 5.74) is 1.84. The molecule has 0 amide bonds. The van der Waals surface area contributed by atoms with E-state index in [2.05, 4.69) is 25.9 Å². The summed E-state index contributed by atoms with van der Waals surface area (Å²) in [7, 11) is -3.69. The van der Waals surface area contributed by atoms with Gasteiger partial charge in [0.25, 0.3) is 10.0 Å². The summed E-state index contributed by atoms with van der Waals surface area (Å²) >= 11 is 3.27. The van der Waals surface area contributed by atoms with Gasteiger partial charge in [0.15, 0.2) is 0 Å². The van der Waals surface area contributed by atoms with E-state index < -0.39 is 10.0 Å². The maximum Gasteiger partial charge on any atom is 0.276 e. The molecule has 0 radical (unpaired) electrons. The highest BCUT2D eigenvalue weighted by Crippen LogP contribution is 2.15. The third-order valence-electron chi connectivity index (χ3n) is 3.64. The third-order valence-corrected chi connectivity index (χ3v) is 5.41. The van der Waals surface area contributed by atoms with Gasteiger partial charge in [-0.1, -0.05) is 46.3 Å². The standard InChI is InChI=1S/C20H17BrN2O3S/c21-18-8-12-20(13-9-18)27(24,25)23-22-14-16-6-10-19(11-7-16)26-15-17-4-2-1-3-5-17/h1-14,23H,15H2. The first-order valence-corrected chi connectivity index (χ1v) is 10.4. The fourth-order valence-corrected chi connectivity index (χ4v) is 3.28. The van der Waals surface area contributed by atoms with Crippen molar-refractivity contribution in [2.75, 3.05) is 0 Å². The van der Waals surface area contributed by atoms with Crippen LogP contribution in [0.1, 0.15) is 11.1 Å². The molecule has 3 aromatic rings. The fourth-order valence-electron chi connectivity index (χ4n) is 2.23. The Morgan fingerprint density at radius 2 is 1.59 bits per heavy atom. The molecular weight excluding hydrogens is 428 g/mol. The van der Waals surface area contributed by atoms with Crippen molar-refractivity contribution in [2.45, 2.75) is 11.5 Å². The van der Waals surface area contributed by atoms with E-state index in [4.69, 9.17) is 4.74 Å². The Balaban J connectivity index is 1.56. The normalized spacial score (nSPS) is 11.4. The number of halogens is 1. The number of rotatable bonds is 7. The Bertz CT molecular complexity index is 1000. The lowest BCUT2D eigenvalue weighted by molar-refractivity contribution is 0.306. The second-order valence-corrected chi connectivity index (χ2v) is 8.23. The van der Waals surface area contributed by atoms with E-state index in [9.17, 15) is 8.42 Å². The Morgan fingerprint density at radius 1 is 0.926 bits per heavy atom. The van der Waals surface area contributed by atoms with Crippen LogP contribution in [0, 0.1) is 0 Å². The Kier molecular flexibility index (Phi) is 6.26. The largest absolute Gasteiger partial charge is 0.489 e. The molecule has 5 nitrogen and oxygen atoms in total. The summed E-state index contributed by atoms with van der Waals surface area (Å²) in [5.74, 6) is 0.728. The van der Waals surface area contributed by atoms with E-state index in [1.807, 2.05) is 42.5 Å². The van der Waals surface area contributed by atoms with Crippen molar-refractivity contribution < 1.29 is 13.2 Å². The molecule has 3 aromatic carbocycles. The molecule has 0 saturated carbocycles. The molecule has 138 valence electrons. The number of ether oxygens (including phenoxy) is 1. The molecule has 0 unspecified atom stereocenters. The van der Waals surface area contributed by atoms with Crippen molar-refractivity contribution in [1.29, 1.82) is 0 Å². The monoisotopic (exact) mass is 444 g/mol. The van der Waals surface area contributed by atoms with Gasteiger partial charge in [0, 0.05) is 4.47 Å². The van der Waals surface area contributed by atoms with Crippen molar-refractivity contribution in [1.82, 2.24) is 4.83 Å². The second kappa shape index (κ2) is 8.83. The SMILES string of the molecule is O=S(=O)(NN=Cc1ccc(OCc2ccccc2)cc1)c1ccc(Br)cc1. The minimum absolute atomic E-state index is 0.146. The predicted octanol–water partition coefficient (Wildman–Crippen LogP) is 4.34. The van der Waals surface area contributed by atoms with Crippen LogP contribution in [0.5, 0.6) is 5.75 Å². The first-order chi connectivity index (χ1) is 13.0. The number of nitrogens with zero attached hydrogens (tertiary/aromatic N) is 1. The highest BCUT2D eigenvalue weighted by Gasteiger charge is 2.11. The minimum atomic E-state index is -3.69. The number of hydrogen-bond acceptors (Lipinski definition) is 4. The topological polar surface area (TPSA) is 67.8 Å². The quantitative estimate of drug-likeness (QED) is 0.435. The molecule has 0 fully saturated rings. The lowest BCUT2D eigenvalue weighted by Crippen LogP contribution is -2.18. The molecule has 0 aliphatic carbocycles. The van der Waals surface area contributed by atoms with Gasteiger partial charge in [0.2, 0.25) is 0 Å². The van der Waals surface area contributed by atoms with Crippen molar-refractivity contribution in [3.63, 3.8) is 0 Å². The molecule has 0 bridgehead atoms. The van der Waals surface area contributed by atoms with E-state index >= 15 is 0 Å². The third kappa shape index (κ3) is 5.67. The first kappa shape index (κ1) is 19.1. The lowest BCUT2D eigenvalue weighted by Gasteiger charge is -2.06. The summed E-state index contributed by atoms with van der Waals surface area (Å²) in [4.78, 5) is 2.35. The fraction of sp³-hybridized carbons (Fsp3) is 0.0500. The van der Waals surface area contributed by atoms with Gasteiger partial charge in [-0.25, -0.2) is 4.83 Å². The van der Waals surface area contributed by atoms with Gasteiger partial charge < -0.3 is 4.74 Å². The van der Waals surface area contributed by atoms with Gasteiger partial charge in [-0.05, 0) is 59.7 Å². The maximum absolute atomic E-state index is 12.1. The Labute approximate surface area is 166 Å². The van der Waals surface area contributed by atoms with E-state index in [1.165, 1.54) is 18.3 Å². The molecule has 0 aromatic heterocycles. The van der Waals surface area contributed by atoms with Crippen LogP contribution < -0.4 is 9.57 Å². The Hall–Kier alpha value is -2.64. The van der Waals surface area contributed by atoms with Crippen LogP contribution in [-0.4, -0.2) is 14.6 Å². The van der Waals surface area contributed by atoms with Crippen molar-refractivity contribution >= 4 is 32.2 Å². The molecule has 0 spiro atoms. The van der Waals surface area contributed by atoms with E-state index in [0.717, 1.165) is 21.3 Å². The molecule has 3 rings (SSSR count). The van der Waals surface area contributed by atoms with Crippen molar-refractivity contribution in [3.05, 3.63) is 94.5 Å². The zero-order valence-corrected chi connectivity index (χ0v) is 16.7. The molecular formula is C20H17BrN2O3S. The average molecular weight is 445 g/mol. The predicted molar refractivity (Wildman–Crippen MR) is 109 cm³/mol. The van der Waals surface area contributed by atoms with Crippen LogP contribution in [0.15, 0.2) is 93.3 Å². The number of sulfonamides is 1. The van der Waals surface area contributed by atoms with Gasteiger partial charge in [-0.2, -0.15) is 13.5 Å². The molecule has 1 N–H and O–H groups in total. The van der Waals surface area contributed by atoms with Crippen LogP contribution in [0.4, 0.5) is 0 Å². The van der Waals surface area contributed by atoms with Crippen LogP contribution in [0.25, 0.3) is 0 Å². The molecule has 7 heteroatoms. The van der Waals surface area contributed by atoms with Crippen LogP contribution in [-0.2, 0) is 16.6 Å². The van der Waals surface area contributed by atoms with Gasteiger partial charge in [0.05, 0.1) is 11.1 Å². The summed E-state index contributed by atoms with van der Waals surface area (Å²) in [5, 5.41) is 3.82. The highest BCUT2D eigenvalue weighted by molar-refractivity contribution is 9.10. The summed E-state index contributed by atoms with van der Waals surface area (Å²) in [6.07, 6.45) is 1.44. The van der Waals surface area contributed by atoms with Crippen LogP contribution in [0.2, 0.25) is 0 Å². The average Bonchev–Trinajstić information content (AvgIpc) is 2.68. The van der Waals surface area contributed by atoms with Gasteiger partial charge in [-0.3, -0.25) is 0 Å². The van der Waals surface area contributed by atoms with Crippen LogP contribution >= 0.6 is 15.9 Å². The van der Waals surface area contributed by atoms with E-state index in [1.54, 1.807) is 24.3 Å². The lowest BCUT2D eigenvalue weighted by atomic mass is 10.2. The maximum atomic E-state index is 12.1. The molecule has 0 aliphatic heterocycles.